The van der Waals surface area contributed by atoms with E-state index < -0.39 is 0 Å². The lowest BCUT2D eigenvalue weighted by molar-refractivity contribution is 0.00309. The minimum absolute atomic E-state index is 0.122. The van der Waals surface area contributed by atoms with Gasteiger partial charge in [0.2, 0.25) is 0 Å². The van der Waals surface area contributed by atoms with Crippen LogP contribution in [-0.2, 0) is 6.42 Å². The number of nitrogens with one attached hydrogen (secondary N) is 2. The fraction of sp³-hybridized carbons (Fsp3) is 0.611. The molecule has 2 aliphatic carbocycles. The summed E-state index contributed by atoms with van der Waals surface area (Å²) in [6.07, 6.45) is 4.79. The molecule has 0 radical (unpaired) electrons. The van der Waals surface area contributed by atoms with Gasteiger partial charge in [0.1, 0.15) is 0 Å². The zero-order valence-electron chi connectivity index (χ0n) is 13.3. The molecule has 4 nitrogen and oxygen atoms in total. The Labute approximate surface area is 132 Å². The van der Waals surface area contributed by atoms with E-state index in [1.54, 1.807) is 0 Å². The molecule has 1 saturated carbocycles. The molecule has 2 amide bonds. The van der Waals surface area contributed by atoms with E-state index in [0.29, 0.717) is 19.0 Å². The van der Waals surface area contributed by atoms with Crippen molar-refractivity contribution >= 4 is 6.03 Å². The highest BCUT2D eigenvalue weighted by atomic mass is 16.3. The van der Waals surface area contributed by atoms with E-state index >= 15 is 0 Å². The molecule has 0 spiro atoms. The van der Waals surface area contributed by atoms with Crippen LogP contribution in [-0.4, -0.2) is 30.3 Å². The number of benzene rings is 1. The highest BCUT2D eigenvalue weighted by Crippen LogP contribution is 2.35. The molecule has 1 aromatic carbocycles. The number of rotatable bonds is 4. The number of fused-ring (bicyclic) bond motifs is 1. The van der Waals surface area contributed by atoms with Gasteiger partial charge in [-0.1, -0.05) is 44.0 Å². The van der Waals surface area contributed by atoms with Gasteiger partial charge in [-0.15, -0.1) is 0 Å². The second-order valence-electron chi connectivity index (χ2n) is 7.08. The molecule has 3 rings (SSSR count). The van der Waals surface area contributed by atoms with Crippen LogP contribution in [0, 0.1) is 5.41 Å². The molecule has 3 atom stereocenters. The Bertz CT molecular complexity index is 546. The van der Waals surface area contributed by atoms with E-state index in [9.17, 15) is 9.90 Å². The van der Waals surface area contributed by atoms with E-state index in [2.05, 4.69) is 41.8 Å². The van der Waals surface area contributed by atoms with E-state index in [-0.39, 0.29) is 17.6 Å². The van der Waals surface area contributed by atoms with Crippen molar-refractivity contribution in [2.24, 2.45) is 5.41 Å². The van der Waals surface area contributed by atoms with Gasteiger partial charge in [-0.2, -0.15) is 0 Å². The maximum Gasteiger partial charge on any atom is 0.314 e. The maximum atomic E-state index is 12.0. The second kappa shape index (κ2) is 6.29. The van der Waals surface area contributed by atoms with Crippen LogP contribution in [0.15, 0.2) is 24.3 Å². The molecule has 0 heterocycles. The molecule has 3 unspecified atom stereocenters. The summed E-state index contributed by atoms with van der Waals surface area (Å²) in [6, 6.07) is 8.28. The number of aliphatic hydroxyl groups excluding tert-OH is 1. The summed E-state index contributed by atoms with van der Waals surface area (Å²) in [5.41, 5.74) is 2.57. The van der Waals surface area contributed by atoms with Crippen LogP contribution in [0.3, 0.4) is 0 Å². The number of urea groups is 1. The van der Waals surface area contributed by atoms with Crippen molar-refractivity contribution in [3.63, 3.8) is 0 Å². The van der Waals surface area contributed by atoms with Crippen LogP contribution in [0.1, 0.15) is 49.7 Å². The number of hydrogen-bond donors (Lipinski definition) is 3. The van der Waals surface area contributed by atoms with Crippen LogP contribution in [0.25, 0.3) is 0 Å². The number of carbonyl (C=O) groups is 1. The first-order valence-corrected chi connectivity index (χ1v) is 8.36. The summed E-state index contributed by atoms with van der Waals surface area (Å²) in [6.45, 7) is 3.29. The van der Waals surface area contributed by atoms with Gasteiger partial charge in [0, 0.05) is 24.4 Å². The molecule has 0 aromatic heterocycles. The fourth-order valence-electron chi connectivity index (χ4n) is 3.69. The first kappa shape index (κ1) is 15.3. The Morgan fingerprint density at radius 1 is 1.32 bits per heavy atom. The molecule has 1 fully saturated rings. The zero-order valence-corrected chi connectivity index (χ0v) is 13.3. The summed E-state index contributed by atoms with van der Waals surface area (Å²) in [7, 11) is 0. The van der Waals surface area contributed by atoms with Crippen LogP contribution in [0.5, 0.6) is 0 Å². The SMILES string of the molecule is CC1(CNC(=O)NCC2Cc3ccccc32)CCCCC1O. The van der Waals surface area contributed by atoms with Crippen LogP contribution >= 0.6 is 0 Å². The number of carbonyl (C=O) groups excluding carboxylic acids is 1. The van der Waals surface area contributed by atoms with Gasteiger partial charge in [0.05, 0.1) is 6.10 Å². The molecule has 1 aromatic rings. The molecule has 22 heavy (non-hydrogen) atoms. The van der Waals surface area contributed by atoms with Crippen molar-refractivity contribution in [2.45, 2.75) is 51.0 Å². The summed E-state index contributed by atoms with van der Waals surface area (Å²) < 4.78 is 0. The van der Waals surface area contributed by atoms with Crippen LogP contribution in [0.2, 0.25) is 0 Å². The van der Waals surface area contributed by atoms with Gasteiger partial charge < -0.3 is 15.7 Å². The van der Waals surface area contributed by atoms with Crippen molar-refractivity contribution in [1.29, 1.82) is 0 Å². The summed E-state index contributed by atoms with van der Waals surface area (Å²) in [5, 5.41) is 16.1. The topological polar surface area (TPSA) is 61.4 Å². The lowest BCUT2D eigenvalue weighted by Crippen LogP contribution is -2.48. The monoisotopic (exact) mass is 302 g/mol. The number of hydrogen-bond acceptors (Lipinski definition) is 2. The highest BCUT2D eigenvalue weighted by Gasteiger charge is 2.35. The predicted octanol–water partition coefficient (Wildman–Crippen LogP) is 2.57. The normalized spacial score (nSPS) is 30.1. The summed E-state index contributed by atoms with van der Waals surface area (Å²) >= 11 is 0. The van der Waals surface area contributed by atoms with Gasteiger partial charge in [-0.3, -0.25) is 0 Å². The minimum Gasteiger partial charge on any atom is -0.392 e. The molecule has 0 aliphatic heterocycles. The van der Waals surface area contributed by atoms with Crippen molar-refractivity contribution in [3.8, 4) is 0 Å². The van der Waals surface area contributed by atoms with Crippen molar-refractivity contribution in [3.05, 3.63) is 35.4 Å². The summed E-state index contributed by atoms with van der Waals surface area (Å²) in [5.74, 6) is 0.442. The lowest BCUT2D eigenvalue weighted by Gasteiger charge is -2.38. The number of amides is 2. The Balaban J connectivity index is 1.42. The Morgan fingerprint density at radius 2 is 2.14 bits per heavy atom. The fourth-order valence-corrected chi connectivity index (χ4v) is 3.69. The lowest BCUT2D eigenvalue weighted by atomic mass is 9.73. The van der Waals surface area contributed by atoms with Crippen molar-refractivity contribution in [1.82, 2.24) is 10.6 Å². The van der Waals surface area contributed by atoms with Crippen LogP contribution < -0.4 is 10.6 Å². The van der Waals surface area contributed by atoms with Gasteiger partial charge >= 0.3 is 6.03 Å². The first-order valence-electron chi connectivity index (χ1n) is 8.36. The Morgan fingerprint density at radius 3 is 2.91 bits per heavy atom. The van der Waals surface area contributed by atoms with E-state index in [1.165, 1.54) is 11.1 Å². The standard InChI is InChI=1S/C18H26N2O2/c1-18(9-5-4-8-16(18)21)12-20-17(22)19-11-14-10-13-6-2-3-7-15(13)14/h2-3,6-7,14,16,21H,4-5,8-12H2,1H3,(H2,19,20,22). The third kappa shape index (κ3) is 3.12. The largest absolute Gasteiger partial charge is 0.392 e. The zero-order chi connectivity index (χ0) is 15.6. The number of aliphatic hydroxyl groups is 1. The van der Waals surface area contributed by atoms with Gasteiger partial charge in [0.25, 0.3) is 0 Å². The summed E-state index contributed by atoms with van der Waals surface area (Å²) in [4.78, 5) is 12.0. The highest BCUT2D eigenvalue weighted by molar-refractivity contribution is 5.74. The average molecular weight is 302 g/mol. The van der Waals surface area contributed by atoms with Crippen molar-refractivity contribution in [2.75, 3.05) is 13.1 Å². The smallest absolute Gasteiger partial charge is 0.314 e. The molecule has 120 valence electrons. The molecular formula is C18H26N2O2. The third-order valence-corrected chi connectivity index (χ3v) is 5.40. The van der Waals surface area contributed by atoms with Gasteiger partial charge in [-0.25, -0.2) is 4.79 Å². The van der Waals surface area contributed by atoms with E-state index in [0.717, 1.165) is 32.1 Å². The molecular weight excluding hydrogens is 276 g/mol. The van der Waals surface area contributed by atoms with E-state index in [1.807, 2.05) is 0 Å². The molecule has 0 bridgehead atoms. The molecule has 2 aliphatic rings. The van der Waals surface area contributed by atoms with Crippen molar-refractivity contribution < 1.29 is 9.90 Å². The second-order valence-corrected chi connectivity index (χ2v) is 7.08. The van der Waals surface area contributed by atoms with Crippen LogP contribution in [0.4, 0.5) is 4.79 Å². The molecule has 4 heteroatoms. The van der Waals surface area contributed by atoms with Gasteiger partial charge in [0.15, 0.2) is 0 Å². The van der Waals surface area contributed by atoms with Gasteiger partial charge in [-0.05, 0) is 30.4 Å². The Hall–Kier alpha value is -1.55. The maximum absolute atomic E-state index is 12.0. The quantitative estimate of drug-likeness (QED) is 0.800. The van der Waals surface area contributed by atoms with E-state index in [4.69, 9.17) is 0 Å². The minimum atomic E-state index is -0.306. The first-order chi connectivity index (χ1) is 10.6. The average Bonchev–Trinajstić information content (AvgIpc) is 2.49. The third-order valence-electron chi connectivity index (χ3n) is 5.40. The Kier molecular flexibility index (Phi) is 4.39. The molecule has 0 saturated heterocycles. The molecule has 3 N–H and O–H groups in total. The predicted molar refractivity (Wildman–Crippen MR) is 86.9 cm³/mol.